The predicted octanol–water partition coefficient (Wildman–Crippen LogP) is 2.26. The Bertz CT molecular complexity index is 41.4. The molecule has 0 saturated carbocycles. The van der Waals surface area contributed by atoms with Crippen molar-refractivity contribution in [2.45, 2.75) is 25.7 Å². The van der Waals surface area contributed by atoms with E-state index in [4.69, 9.17) is 0 Å². The molecule has 40 valence electrons. The summed E-state index contributed by atoms with van der Waals surface area (Å²) in [6.45, 7) is 3.70. The van der Waals surface area contributed by atoms with Gasteiger partial charge in [0, 0.05) is 5.37 Å². The second-order valence-corrected chi connectivity index (χ2v) is 1.74. The fourth-order valence-electron chi connectivity index (χ4n) is 0.374. The third-order valence-electron chi connectivity index (χ3n) is 0.779. The van der Waals surface area contributed by atoms with E-state index < -0.39 is 0 Å². The minimum absolute atomic E-state index is 0.949. The van der Waals surface area contributed by atoms with Crippen molar-refractivity contribution in [2.75, 3.05) is 0 Å². The Labute approximate surface area is 50.9 Å². The predicted molar refractivity (Wildman–Crippen MR) is 36.4 cm³/mol. The quantitative estimate of drug-likeness (QED) is 0.399. The van der Waals surface area contributed by atoms with Crippen molar-refractivity contribution in [1.29, 1.82) is 0 Å². The van der Waals surface area contributed by atoms with Crippen LogP contribution in [0, 0.1) is 6.92 Å². The van der Waals surface area contributed by atoms with Crippen molar-refractivity contribution in [3.8, 4) is 0 Å². The summed E-state index contributed by atoms with van der Waals surface area (Å²) >= 11 is 4.49. The zero-order valence-corrected chi connectivity index (χ0v) is 5.26. The van der Waals surface area contributed by atoms with Gasteiger partial charge in [-0.1, -0.05) is 32.0 Å². The standard InChI is InChI=1S/C6H10S/c1-2-3-4-5-6-7/h1-5H2. The lowest BCUT2D eigenvalue weighted by Gasteiger charge is -1.86. The molecule has 0 spiro atoms. The maximum Gasteiger partial charge on any atom is 0.0291 e. The maximum absolute atomic E-state index is 4.49. The molecule has 0 saturated heterocycles. The van der Waals surface area contributed by atoms with E-state index in [0.29, 0.717) is 0 Å². The molecule has 0 N–H and O–H groups in total. The molecule has 0 heterocycles. The van der Waals surface area contributed by atoms with Crippen LogP contribution in [0.15, 0.2) is 0 Å². The van der Waals surface area contributed by atoms with Crippen molar-refractivity contribution in [3.63, 3.8) is 0 Å². The zero-order valence-electron chi connectivity index (χ0n) is 4.44. The average molecular weight is 114 g/mol. The largest absolute Gasteiger partial charge is 0.0837 e. The van der Waals surface area contributed by atoms with Crippen molar-refractivity contribution >= 4 is 17.6 Å². The smallest absolute Gasteiger partial charge is 0.0291 e. The molecule has 0 rings (SSSR count). The minimum Gasteiger partial charge on any atom is -0.0837 e. The van der Waals surface area contributed by atoms with Gasteiger partial charge in [0.2, 0.25) is 0 Å². The highest BCUT2D eigenvalue weighted by atomic mass is 32.1. The van der Waals surface area contributed by atoms with Crippen LogP contribution in [0.25, 0.3) is 0 Å². The maximum atomic E-state index is 4.49. The monoisotopic (exact) mass is 114 g/mol. The molecule has 2 radical (unpaired) electrons. The van der Waals surface area contributed by atoms with Crippen LogP contribution in [0.4, 0.5) is 0 Å². The first-order chi connectivity index (χ1) is 3.41. The highest BCUT2D eigenvalue weighted by Gasteiger charge is 1.79. The first-order valence-corrected chi connectivity index (χ1v) is 2.97. The van der Waals surface area contributed by atoms with Crippen molar-refractivity contribution in [2.24, 2.45) is 0 Å². The third kappa shape index (κ3) is 6.09. The summed E-state index contributed by atoms with van der Waals surface area (Å²) < 4.78 is 0. The normalized spacial score (nSPS) is 8.71. The van der Waals surface area contributed by atoms with Crippen LogP contribution in [0.2, 0.25) is 0 Å². The van der Waals surface area contributed by atoms with E-state index in [0.717, 1.165) is 19.3 Å². The SMILES string of the molecule is [CH2]CCCC[C]=S. The second kappa shape index (κ2) is 6.09. The molecular formula is C6H10S. The molecule has 0 aromatic rings. The summed E-state index contributed by atoms with van der Waals surface area (Å²) in [5.74, 6) is 0. The van der Waals surface area contributed by atoms with Crippen LogP contribution >= 0.6 is 12.2 Å². The van der Waals surface area contributed by atoms with Crippen LogP contribution in [0.3, 0.4) is 0 Å². The molecule has 0 aromatic carbocycles. The summed E-state index contributed by atoms with van der Waals surface area (Å²) in [7, 11) is 0. The van der Waals surface area contributed by atoms with E-state index in [1.165, 1.54) is 6.42 Å². The molecule has 0 bridgehead atoms. The highest BCUT2D eigenvalue weighted by molar-refractivity contribution is 7.78. The van der Waals surface area contributed by atoms with Gasteiger partial charge in [0.25, 0.3) is 0 Å². The van der Waals surface area contributed by atoms with Gasteiger partial charge in [0.05, 0.1) is 0 Å². The third-order valence-corrected chi connectivity index (χ3v) is 0.983. The van der Waals surface area contributed by atoms with E-state index in [2.05, 4.69) is 24.5 Å². The molecule has 0 aromatic heterocycles. The summed E-state index contributed by atoms with van der Waals surface area (Å²) in [5, 5.41) is 2.66. The fraction of sp³-hybridized carbons (Fsp3) is 0.667. The van der Waals surface area contributed by atoms with Crippen LogP contribution in [-0.2, 0) is 0 Å². The lowest BCUT2D eigenvalue weighted by Crippen LogP contribution is -1.72. The number of unbranched alkanes of at least 4 members (excludes halogenated alkanes) is 3. The van der Waals surface area contributed by atoms with E-state index in [-0.39, 0.29) is 0 Å². The van der Waals surface area contributed by atoms with Gasteiger partial charge in [-0.15, -0.1) is 0 Å². The lowest BCUT2D eigenvalue weighted by molar-refractivity contribution is 0.784. The average Bonchev–Trinajstić information content (AvgIpc) is 1.69. The summed E-state index contributed by atoms with van der Waals surface area (Å²) in [5.41, 5.74) is 0. The second-order valence-electron chi connectivity index (χ2n) is 1.45. The van der Waals surface area contributed by atoms with Crippen molar-refractivity contribution < 1.29 is 0 Å². The number of thiocarbonyl (C=S) groups is 1. The molecule has 0 amide bonds. The van der Waals surface area contributed by atoms with Gasteiger partial charge in [-0.2, -0.15) is 0 Å². The van der Waals surface area contributed by atoms with Gasteiger partial charge < -0.3 is 0 Å². The molecule has 0 aliphatic rings. The molecule has 0 unspecified atom stereocenters. The Morgan fingerprint density at radius 1 is 1.43 bits per heavy atom. The Morgan fingerprint density at radius 3 is 2.57 bits per heavy atom. The molecule has 0 aliphatic heterocycles. The van der Waals surface area contributed by atoms with Crippen LogP contribution in [0.1, 0.15) is 25.7 Å². The topological polar surface area (TPSA) is 0 Å². The van der Waals surface area contributed by atoms with E-state index in [1.807, 2.05) is 0 Å². The van der Waals surface area contributed by atoms with Crippen LogP contribution in [-0.4, -0.2) is 5.37 Å². The molecule has 0 fully saturated rings. The molecular weight excluding hydrogens is 104 g/mol. The van der Waals surface area contributed by atoms with E-state index in [9.17, 15) is 0 Å². The van der Waals surface area contributed by atoms with Gasteiger partial charge in [-0.05, 0) is 12.8 Å². The van der Waals surface area contributed by atoms with Gasteiger partial charge in [-0.3, -0.25) is 0 Å². The van der Waals surface area contributed by atoms with Gasteiger partial charge in [0.1, 0.15) is 0 Å². The van der Waals surface area contributed by atoms with Crippen LogP contribution < -0.4 is 0 Å². The van der Waals surface area contributed by atoms with E-state index in [1.54, 1.807) is 0 Å². The van der Waals surface area contributed by atoms with Crippen LogP contribution in [0.5, 0.6) is 0 Å². The minimum atomic E-state index is 0.949. The van der Waals surface area contributed by atoms with E-state index >= 15 is 0 Å². The van der Waals surface area contributed by atoms with Gasteiger partial charge in [-0.25, -0.2) is 0 Å². The summed E-state index contributed by atoms with van der Waals surface area (Å²) in [4.78, 5) is 0. The lowest BCUT2D eigenvalue weighted by atomic mass is 10.2. The first kappa shape index (κ1) is 7.09. The Morgan fingerprint density at radius 2 is 2.14 bits per heavy atom. The Kier molecular flexibility index (Phi) is 6.17. The zero-order chi connectivity index (χ0) is 5.54. The van der Waals surface area contributed by atoms with Crippen molar-refractivity contribution in [1.82, 2.24) is 0 Å². The molecule has 7 heavy (non-hydrogen) atoms. The highest BCUT2D eigenvalue weighted by Crippen LogP contribution is 1.94. The number of hydrogen-bond donors (Lipinski definition) is 0. The fourth-order valence-corrected chi connectivity index (χ4v) is 0.518. The molecule has 1 heteroatoms. The number of rotatable bonds is 4. The number of hydrogen-bond acceptors (Lipinski definition) is 1. The molecule has 0 atom stereocenters. The first-order valence-electron chi connectivity index (χ1n) is 2.56. The summed E-state index contributed by atoms with van der Waals surface area (Å²) in [6, 6.07) is 0. The summed E-state index contributed by atoms with van der Waals surface area (Å²) in [6.07, 6.45) is 4.32. The van der Waals surface area contributed by atoms with Gasteiger partial charge >= 0.3 is 0 Å². The molecule has 0 nitrogen and oxygen atoms in total. The van der Waals surface area contributed by atoms with Gasteiger partial charge in [0.15, 0.2) is 0 Å². The Balaban J connectivity index is 2.56. The van der Waals surface area contributed by atoms with Crippen molar-refractivity contribution in [3.05, 3.63) is 6.92 Å². The molecule has 0 aliphatic carbocycles. The Hall–Kier alpha value is 0.0900.